The Morgan fingerprint density at radius 3 is 2.21 bits per heavy atom. The van der Waals surface area contributed by atoms with Crippen LogP contribution in [0, 0.1) is 0 Å². The molecule has 1 fully saturated rings. The molecule has 0 aromatic heterocycles. The van der Waals surface area contributed by atoms with Gasteiger partial charge < -0.3 is 19.3 Å². The average Bonchev–Trinajstić information content (AvgIpc) is 2.66. The van der Waals surface area contributed by atoms with E-state index in [1.54, 1.807) is 11.8 Å². The molecule has 0 radical (unpaired) electrons. The van der Waals surface area contributed by atoms with Gasteiger partial charge >= 0.3 is 12.1 Å². The van der Waals surface area contributed by atoms with Crippen LogP contribution < -0.4 is 4.90 Å². The number of hydrogen-bond acceptors (Lipinski definition) is 5. The lowest BCUT2D eigenvalue weighted by atomic mass is 10.0. The van der Waals surface area contributed by atoms with Crippen molar-refractivity contribution in [3.63, 3.8) is 0 Å². The van der Waals surface area contributed by atoms with Crippen LogP contribution in [0.25, 0.3) is 10.8 Å². The maximum atomic E-state index is 12.3. The molecule has 28 heavy (non-hydrogen) atoms. The van der Waals surface area contributed by atoms with E-state index in [0.29, 0.717) is 38.3 Å². The first-order chi connectivity index (χ1) is 13.3. The number of benzene rings is 2. The number of fused-ring (bicyclic) bond motifs is 1. The summed E-state index contributed by atoms with van der Waals surface area (Å²) < 4.78 is 10.7. The molecule has 3 rings (SSSR count). The van der Waals surface area contributed by atoms with Crippen LogP contribution in [0.1, 0.15) is 38.1 Å². The summed E-state index contributed by atoms with van der Waals surface area (Å²) in [6, 6.07) is 11.7. The molecule has 1 aliphatic heterocycles. The second-order valence-corrected chi connectivity index (χ2v) is 7.85. The summed E-state index contributed by atoms with van der Waals surface area (Å²) in [7, 11) is 0. The number of piperazine rings is 1. The molecule has 1 aliphatic rings. The van der Waals surface area contributed by atoms with E-state index in [1.807, 2.05) is 57.2 Å². The first-order valence-electron chi connectivity index (χ1n) is 9.72. The highest BCUT2D eigenvalue weighted by atomic mass is 16.6. The van der Waals surface area contributed by atoms with Crippen LogP contribution in [-0.2, 0) is 9.47 Å². The molecule has 1 heterocycles. The normalized spacial score (nSPS) is 14.9. The van der Waals surface area contributed by atoms with E-state index < -0.39 is 5.60 Å². The maximum Gasteiger partial charge on any atom is 0.410 e. The predicted octanol–water partition coefficient (Wildman–Crippen LogP) is 4.07. The number of nitrogens with zero attached hydrogens (tertiary/aromatic N) is 2. The van der Waals surface area contributed by atoms with E-state index in [-0.39, 0.29) is 12.1 Å². The lowest BCUT2D eigenvalue weighted by molar-refractivity contribution is 0.0240. The van der Waals surface area contributed by atoms with Crippen LogP contribution in [0.15, 0.2) is 36.4 Å². The van der Waals surface area contributed by atoms with Crippen molar-refractivity contribution in [2.45, 2.75) is 33.3 Å². The molecule has 0 unspecified atom stereocenters. The maximum absolute atomic E-state index is 12.3. The lowest BCUT2D eigenvalue weighted by Crippen LogP contribution is -2.50. The fraction of sp³-hybridized carbons (Fsp3) is 0.455. The van der Waals surface area contributed by atoms with Gasteiger partial charge in [0, 0.05) is 37.3 Å². The number of amides is 1. The Bertz CT molecular complexity index is 864. The predicted molar refractivity (Wildman–Crippen MR) is 110 cm³/mol. The summed E-state index contributed by atoms with van der Waals surface area (Å²) in [5.41, 5.74) is 1.15. The Balaban J connectivity index is 1.79. The van der Waals surface area contributed by atoms with Gasteiger partial charge in [0.05, 0.1) is 12.2 Å². The van der Waals surface area contributed by atoms with Gasteiger partial charge in [0.25, 0.3) is 0 Å². The number of carbonyl (C=O) groups is 2. The van der Waals surface area contributed by atoms with Crippen LogP contribution in [-0.4, -0.2) is 55.3 Å². The van der Waals surface area contributed by atoms with E-state index in [9.17, 15) is 9.59 Å². The Kier molecular flexibility index (Phi) is 5.77. The topological polar surface area (TPSA) is 59.1 Å². The van der Waals surface area contributed by atoms with Gasteiger partial charge in [0.2, 0.25) is 0 Å². The quantitative estimate of drug-likeness (QED) is 0.747. The van der Waals surface area contributed by atoms with Gasteiger partial charge in [-0.3, -0.25) is 0 Å². The van der Waals surface area contributed by atoms with E-state index in [4.69, 9.17) is 9.47 Å². The van der Waals surface area contributed by atoms with Gasteiger partial charge in [-0.1, -0.05) is 24.3 Å². The standard InChI is InChI=1S/C22H28N2O4/c1-5-27-20(25)18-10-11-19(17-9-7-6-8-16(17)18)23-12-14-24(15-13-23)21(26)28-22(2,3)4/h6-11H,5,12-15H2,1-4H3. The lowest BCUT2D eigenvalue weighted by Gasteiger charge is -2.37. The zero-order valence-corrected chi connectivity index (χ0v) is 17.0. The molecule has 2 aromatic carbocycles. The molecule has 150 valence electrons. The van der Waals surface area contributed by atoms with Crippen molar-refractivity contribution >= 4 is 28.5 Å². The number of rotatable bonds is 3. The third-order valence-electron chi connectivity index (χ3n) is 4.67. The van der Waals surface area contributed by atoms with Crippen molar-refractivity contribution in [2.24, 2.45) is 0 Å². The van der Waals surface area contributed by atoms with Gasteiger partial charge in [0.1, 0.15) is 5.60 Å². The summed E-state index contributed by atoms with van der Waals surface area (Å²) in [6.07, 6.45) is -0.269. The van der Waals surface area contributed by atoms with E-state index in [2.05, 4.69) is 4.90 Å². The monoisotopic (exact) mass is 384 g/mol. The van der Waals surface area contributed by atoms with E-state index >= 15 is 0 Å². The highest BCUT2D eigenvalue weighted by molar-refractivity contribution is 6.08. The molecular formula is C22H28N2O4. The fourth-order valence-electron chi connectivity index (χ4n) is 3.40. The summed E-state index contributed by atoms with van der Waals surface area (Å²) in [5, 5.41) is 1.90. The molecule has 1 saturated heterocycles. The van der Waals surface area contributed by atoms with Crippen LogP contribution >= 0.6 is 0 Å². The van der Waals surface area contributed by atoms with Crippen molar-refractivity contribution in [3.05, 3.63) is 42.0 Å². The minimum Gasteiger partial charge on any atom is -0.462 e. The smallest absolute Gasteiger partial charge is 0.410 e. The third kappa shape index (κ3) is 4.38. The highest BCUT2D eigenvalue weighted by Crippen LogP contribution is 2.31. The van der Waals surface area contributed by atoms with Gasteiger partial charge in [0.15, 0.2) is 0 Å². The second-order valence-electron chi connectivity index (χ2n) is 7.85. The van der Waals surface area contributed by atoms with Crippen molar-refractivity contribution in [1.29, 1.82) is 0 Å². The summed E-state index contributed by atoms with van der Waals surface area (Å²) >= 11 is 0. The molecule has 0 N–H and O–H groups in total. The minimum atomic E-state index is -0.493. The van der Waals surface area contributed by atoms with Crippen LogP contribution in [0.4, 0.5) is 10.5 Å². The summed E-state index contributed by atoms with van der Waals surface area (Å²) in [4.78, 5) is 28.6. The van der Waals surface area contributed by atoms with E-state index in [0.717, 1.165) is 16.5 Å². The van der Waals surface area contributed by atoms with Crippen LogP contribution in [0.5, 0.6) is 0 Å². The molecule has 6 heteroatoms. The van der Waals surface area contributed by atoms with Crippen molar-refractivity contribution in [3.8, 4) is 0 Å². The fourth-order valence-corrected chi connectivity index (χ4v) is 3.40. The molecule has 0 saturated carbocycles. The molecule has 0 atom stereocenters. The van der Waals surface area contributed by atoms with Crippen LogP contribution in [0.2, 0.25) is 0 Å². The summed E-state index contributed by atoms with van der Waals surface area (Å²) in [6.45, 7) is 10.4. The average molecular weight is 384 g/mol. The van der Waals surface area contributed by atoms with Gasteiger partial charge in [-0.05, 0) is 45.2 Å². The largest absolute Gasteiger partial charge is 0.462 e. The first-order valence-corrected chi connectivity index (χ1v) is 9.72. The number of anilines is 1. The first kappa shape index (κ1) is 20.0. The Morgan fingerprint density at radius 2 is 1.61 bits per heavy atom. The van der Waals surface area contributed by atoms with Crippen LogP contribution in [0.3, 0.4) is 0 Å². The van der Waals surface area contributed by atoms with E-state index in [1.165, 1.54) is 0 Å². The number of carbonyl (C=O) groups excluding carboxylic acids is 2. The SMILES string of the molecule is CCOC(=O)c1ccc(N2CCN(C(=O)OC(C)(C)C)CC2)c2ccccc12. The van der Waals surface area contributed by atoms with Gasteiger partial charge in [-0.2, -0.15) is 0 Å². The molecule has 0 bridgehead atoms. The van der Waals surface area contributed by atoms with Crippen molar-refractivity contribution < 1.29 is 19.1 Å². The van der Waals surface area contributed by atoms with Gasteiger partial charge in [-0.25, -0.2) is 9.59 Å². The minimum absolute atomic E-state index is 0.269. The number of hydrogen-bond donors (Lipinski definition) is 0. The number of esters is 1. The summed E-state index contributed by atoms with van der Waals surface area (Å²) in [5.74, 6) is -0.306. The molecule has 0 spiro atoms. The Hall–Kier alpha value is -2.76. The Labute approximate surface area is 166 Å². The molecule has 1 amide bonds. The highest BCUT2D eigenvalue weighted by Gasteiger charge is 2.27. The van der Waals surface area contributed by atoms with Crippen molar-refractivity contribution in [2.75, 3.05) is 37.7 Å². The number of ether oxygens (including phenoxy) is 2. The zero-order chi connectivity index (χ0) is 20.3. The molecule has 6 nitrogen and oxygen atoms in total. The third-order valence-corrected chi connectivity index (χ3v) is 4.67. The van der Waals surface area contributed by atoms with Gasteiger partial charge in [-0.15, -0.1) is 0 Å². The molecule has 0 aliphatic carbocycles. The van der Waals surface area contributed by atoms with Crippen molar-refractivity contribution in [1.82, 2.24) is 4.90 Å². The second kappa shape index (κ2) is 8.09. The zero-order valence-electron chi connectivity index (χ0n) is 17.0. The molecular weight excluding hydrogens is 356 g/mol. The molecule has 2 aromatic rings. The Morgan fingerprint density at radius 1 is 0.964 bits per heavy atom.